The van der Waals surface area contributed by atoms with E-state index in [9.17, 15) is 8.60 Å². The van der Waals surface area contributed by atoms with E-state index in [0.29, 0.717) is 0 Å². The minimum absolute atomic E-state index is 0.134. The van der Waals surface area contributed by atoms with Crippen molar-refractivity contribution in [3.05, 3.63) is 35.6 Å². The van der Waals surface area contributed by atoms with Crippen molar-refractivity contribution in [2.24, 2.45) is 10.1 Å². The zero-order valence-corrected chi connectivity index (χ0v) is 10.3. The smallest absolute Gasteiger partial charge is 0.123 e. The molecule has 0 aliphatic rings. The summed E-state index contributed by atoms with van der Waals surface area (Å²) in [5.74, 6) is 0.195. The van der Waals surface area contributed by atoms with Gasteiger partial charge in [-0.15, -0.1) is 0 Å². The van der Waals surface area contributed by atoms with E-state index in [1.54, 1.807) is 12.1 Å². The number of aliphatic hydroxyl groups is 1. The standard InChI is InChI=1S/C11H17FN2O2S/c12-11-3-1-10(2-4-11)9-17(16,8-5-13)14-6-7-15/h1-4,15H,5-9,13H2. The summed E-state index contributed by atoms with van der Waals surface area (Å²) in [6.07, 6.45) is 0. The van der Waals surface area contributed by atoms with E-state index in [1.165, 1.54) is 12.1 Å². The molecular formula is C11H17FN2O2S. The van der Waals surface area contributed by atoms with Crippen molar-refractivity contribution in [1.82, 2.24) is 0 Å². The first-order chi connectivity index (χ1) is 8.09. The van der Waals surface area contributed by atoms with Gasteiger partial charge in [0.1, 0.15) is 5.82 Å². The average molecular weight is 260 g/mol. The van der Waals surface area contributed by atoms with Crippen molar-refractivity contribution in [3.8, 4) is 0 Å². The SMILES string of the molecule is NCCS(=O)(Cc1ccc(F)cc1)=NCCO. The molecule has 4 nitrogen and oxygen atoms in total. The first-order valence-corrected chi connectivity index (χ1v) is 7.18. The van der Waals surface area contributed by atoms with E-state index in [0.717, 1.165) is 5.56 Å². The molecular weight excluding hydrogens is 243 g/mol. The van der Waals surface area contributed by atoms with Gasteiger partial charge in [-0.1, -0.05) is 12.1 Å². The molecule has 1 atom stereocenters. The van der Waals surface area contributed by atoms with Gasteiger partial charge in [-0.2, -0.15) is 0 Å². The molecule has 96 valence electrons. The van der Waals surface area contributed by atoms with Gasteiger partial charge in [0.05, 0.1) is 28.6 Å². The van der Waals surface area contributed by atoms with Crippen LogP contribution in [0, 0.1) is 5.82 Å². The Balaban J connectivity index is 2.87. The van der Waals surface area contributed by atoms with Crippen LogP contribution in [-0.2, 0) is 15.5 Å². The Morgan fingerprint density at radius 2 is 2.00 bits per heavy atom. The van der Waals surface area contributed by atoms with Gasteiger partial charge < -0.3 is 10.8 Å². The van der Waals surface area contributed by atoms with Crippen molar-refractivity contribution in [2.75, 3.05) is 25.4 Å². The predicted octanol–water partition coefficient (Wildman–Crippen LogP) is 0.745. The Morgan fingerprint density at radius 3 is 2.53 bits per heavy atom. The van der Waals surface area contributed by atoms with Crippen LogP contribution < -0.4 is 5.73 Å². The molecule has 1 aromatic carbocycles. The summed E-state index contributed by atoms with van der Waals surface area (Å²) in [6, 6.07) is 5.81. The molecule has 0 heterocycles. The molecule has 0 amide bonds. The summed E-state index contributed by atoms with van der Waals surface area (Å²) in [7, 11) is -2.45. The van der Waals surface area contributed by atoms with Gasteiger partial charge in [0.15, 0.2) is 0 Å². The Bertz CT molecular complexity index is 453. The van der Waals surface area contributed by atoms with Gasteiger partial charge in [0.25, 0.3) is 0 Å². The minimum Gasteiger partial charge on any atom is -0.394 e. The number of nitrogens with zero attached hydrogens (tertiary/aromatic N) is 1. The molecule has 6 heteroatoms. The van der Waals surface area contributed by atoms with Crippen LogP contribution >= 0.6 is 0 Å². The van der Waals surface area contributed by atoms with Crippen LogP contribution in [-0.4, -0.2) is 34.8 Å². The summed E-state index contributed by atoms with van der Waals surface area (Å²) in [4.78, 5) is 0. The summed E-state index contributed by atoms with van der Waals surface area (Å²) in [6.45, 7) is 0.278. The maximum atomic E-state index is 12.7. The second-order valence-corrected chi connectivity index (χ2v) is 6.11. The largest absolute Gasteiger partial charge is 0.394 e. The molecule has 0 spiro atoms. The zero-order chi connectivity index (χ0) is 12.7. The molecule has 0 saturated heterocycles. The Hall–Kier alpha value is -0.980. The fourth-order valence-corrected chi connectivity index (χ4v) is 3.28. The fraction of sp³-hybridized carbons (Fsp3) is 0.455. The molecule has 3 N–H and O–H groups in total. The Labute approximate surface area is 101 Å². The van der Waals surface area contributed by atoms with Crippen LogP contribution in [0.3, 0.4) is 0 Å². The van der Waals surface area contributed by atoms with E-state index < -0.39 is 9.73 Å². The van der Waals surface area contributed by atoms with Gasteiger partial charge in [-0.25, -0.2) is 13.0 Å². The maximum Gasteiger partial charge on any atom is 0.123 e. The predicted molar refractivity (Wildman–Crippen MR) is 66.5 cm³/mol. The molecule has 17 heavy (non-hydrogen) atoms. The van der Waals surface area contributed by atoms with Gasteiger partial charge in [-0.05, 0) is 17.7 Å². The fourth-order valence-electron chi connectivity index (χ4n) is 1.41. The van der Waals surface area contributed by atoms with E-state index in [2.05, 4.69) is 4.36 Å². The molecule has 0 aliphatic carbocycles. The number of halogens is 1. The highest BCUT2D eigenvalue weighted by Gasteiger charge is 2.09. The summed E-state index contributed by atoms with van der Waals surface area (Å²) < 4.78 is 29.1. The molecule has 0 aliphatic heterocycles. The minimum atomic E-state index is -2.45. The van der Waals surface area contributed by atoms with Crippen molar-refractivity contribution in [1.29, 1.82) is 0 Å². The van der Waals surface area contributed by atoms with Crippen LogP contribution in [0.2, 0.25) is 0 Å². The number of aliphatic hydroxyl groups excluding tert-OH is 1. The van der Waals surface area contributed by atoms with E-state index in [1.807, 2.05) is 0 Å². The van der Waals surface area contributed by atoms with Crippen molar-refractivity contribution < 1.29 is 13.7 Å². The lowest BCUT2D eigenvalue weighted by Gasteiger charge is -2.09. The highest BCUT2D eigenvalue weighted by atomic mass is 32.2. The van der Waals surface area contributed by atoms with Gasteiger partial charge in [0.2, 0.25) is 0 Å². The van der Waals surface area contributed by atoms with Crippen molar-refractivity contribution in [3.63, 3.8) is 0 Å². The van der Waals surface area contributed by atoms with Crippen LogP contribution in [0.25, 0.3) is 0 Å². The molecule has 0 bridgehead atoms. The highest BCUT2D eigenvalue weighted by molar-refractivity contribution is 7.92. The summed E-state index contributed by atoms with van der Waals surface area (Å²) in [5, 5.41) is 8.70. The number of hydrogen-bond donors (Lipinski definition) is 2. The van der Waals surface area contributed by atoms with Gasteiger partial charge in [0, 0.05) is 12.3 Å². The number of nitrogens with two attached hydrogens (primary N) is 1. The third kappa shape index (κ3) is 4.80. The quantitative estimate of drug-likeness (QED) is 0.792. The second kappa shape index (κ2) is 6.68. The van der Waals surface area contributed by atoms with E-state index >= 15 is 0 Å². The highest BCUT2D eigenvalue weighted by Crippen LogP contribution is 2.10. The van der Waals surface area contributed by atoms with Gasteiger partial charge >= 0.3 is 0 Å². The molecule has 0 saturated carbocycles. The molecule has 1 unspecified atom stereocenters. The van der Waals surface area contributed by atoms with Crippen LogP contribution in [0.4, 0.5) is 4.39 Å². The molecule has 0 aromatic heterocycles. The third-order valence-electron chi connectivity index (χ3n) is 2.17. The first kappa shape index (κ1) is 14.1. The number of rotatable bonds is 6. The molecule has 1 rings (SSSR count). The first-order valence-electron chi connectivity index (χ1n) is 5.33. The third-order valence-corrected chi connectivity index (χ3v) is 4.48. The second-order valence-electron chi connectivity index (χ2n) is 3.61. The number of benzene rings is 1. The van der Waals surface area contributed by atoms with Crippen molar-refractivity contribution in [2.45, 2.75) is 5.75 Å². The average Bonchev–Trinajstić information content (AvgIpc) is 2.30. The zero-order valence-electron chi connectivity index (χ0n) is 9.51. The number of hydrogen-bond acceptors (Lipinski definition) is 4. The van der Waals surface area contributed by atoms with E-state index in [4.69, 9.17) is 10.8 Å². The van der Waals surface area contributed by atoms with Crippen LogP contribution in [0.15, 0.2) is 28.6 Å². The topological polar surface area (TPSA) is 75.7 Å². The maximum absolute atomic E-state index is 12.7. The van der Waals surface area contributed by atoms with Crippen LogP contribution in [0.1, 0.15) is 5.56 Å². The monoisotopic (exact) mass is 260 g/mol. The van der Waals surface area contributed by atoms with Crippen LogP contribution in [0.5, 0.6) is 0 Å². The summed E-state index contributed by atoms with van der Waals surface area (Å²) >= 11 is 0. The lowest BCUT2D eigenvalue weighted by Crippen LogP contribution is -2.18. The molecule has 0 fully saturated rings. The lowest BCUT2D eigenvalue weighted by molar-refractivity contribution is 0.307. The summed E-state index contributed by atoms with van der Waals surface area (Å²) in [5.41, 5.74) is 6.16. The van der Waals surface area contributed by atoms with Crippen molar-refractivity contribution >= 4 is 9.73 Å². The Morgan fingerprint density at radius 1 is 1.35 bits per heavy atom. The van der Waals surface area contributed by atoms with E-state index in [-0.39, 0.29) is 37.0 Å². The molecule has 1 aromatic rings. The van der Waals surface area contributed by atoms with Gasteiger partial charge in [-0.3, -0.25) is 0 Å². The normalized spacial score (nSPS) is 14.3. The lowest BCUT2D eigenvalue weighted by atomic mass is 10.2. The Kier molecular flexibility index (Phi) is 5.54. The molecule has 0 radical (unpaired) electrons.